The zero-order chi connectivity index (χ0) is 18.2. The van der Waals surface area contributed by atoms with Gasteiger partial charge in [-0.15, -0.1) is 11.8 Å². The average Bonchev–Trinajstić information content (AvgIpc) is 2.69. The summed E-state index contributed by atoms with van der Waals surface area (Å²) in [5, 5.41) is 3.09. The van der Waals surface area contributed by atoms with E-state index < -0.39 is 0 Å². The van der Waals surface area contributed by atoms with Gasteiger partial charge in [0.25, 0.3) is 5.91 Å². The fourth-order valence-electron chi connectivity index (χ4n) is 2.92. The molecule has 132 valence electrons. The van der Waals surface area contributed by atoms with Gasteiger partial charge in [-0.1, -0.05) is 67.6 Å². The number of carbonyl (C=O) groups excluding carboxylic acids is 1. The summed E-state index contributed by atoms with van der Waals surface area (Å²) >= 11 is 1.74. The zero-order valence-electron chi connectivity index (χ0n) is 14.9. The molecule has 0 heterocycles. The third kappa shape index (κ3) is 4.77. The predicted molar refractivity (Wildman–Crippen MR) is 111 cm³/mol. The van der Waals surface area contributed by atoms with E-state index in [2.05, 4.69) is 36.5 Å². The number of anilines is 1. The molecule has 3 aromatic rings. The maximum absolute atomic E-state index is 12.9. The Morgan fingerprint density at radius 2 is 1.54 bits per heavy atom. The van der Waals surface area contributed by atoms with Gasteiger partial charge in [0.05, 0.1) is 5.69 Å². The summed E-state index contributed by atoms with van der Waals surface area (Å²) in [4.78, 5) is 14.0. The summed E-state index contributed by atoms with van der Waals surface area (Å²) in [5.41, 5.74) is 3.99. The van der Waals surface area contributed by atoms with Crippen molar-refractivity contribution >= 4 is 23.4 Å². The molecule has 0 atom stereocenters. The summed E-state index contributed by atoms with van der Waals surface area (Å²) < 4.78 is 0. The monoisotopic (exact) mass is 361 g/mol. The number of para-hydroxylation sites is 1. The van der Waals surface area contributed by atoms with Gasteiger partial charge in [0.15, 0.2) is 0 Å². The molecule has 0 radical (unpaired) electrons. The van der Waals surface area contributed by atoms with Crippen LogP contribution in [0.2, 0.25) is 0 Å². The van der Waals surface area contributed by atoms with Crippen molar-refractivity contribution in [1.29, 1.82) is 0 Å². The van der Waals surface area contributed by atoms with Crippen LogP contribution in [-0.4, -0.2) is 11.7 Å². The van der Waals surface area contributed by atoms with Crippen molar-refractivity contribution in [1.82, 2.24) is 0 Å². The van der Waals surface area contributed by atoms with Gasteiger partial charge in [0, 0.05) is 10.5 Å². The van der Waals surface area contributed by atoms with E-state index in [4.69, 9.17) is 0 Å². The number of rotatable bonds is 7. The summed E-state index contributed by atoms with van der Waals surface area (Å²) in [7, 11) is 0. The molecule has 0 saturated carbocycles. The molecule has 3 rings (SSSR count). The zero-order valence-corrected chi connectivity index (χ0v) is 15.8. The van der Waals surface area contributed by atoms with E-state index in [1.54, 1.807) is 11.8 Å². The van der Waals surface area contributed by atoms with E-state index in [0.717, 1.165) is 40.3 Å². The lowest BCUT2D eigenvalue weighted by Gasteiger charge is -2.13. The van der Waals surface area contributed by atoms with Crippen LogP contribution in [0.25, 0.3) is 0 Å². The van der Waals surface area contributed by atoms with Gasteiger partial charge in [-0.2, -0.15) is 0 Å². The second-order valence-corrected chi connectivity index (χ2v) is 7.33. The van der Waals surface area contributed by atoms with Crippen molar-refractivity contribution in [3.05, 3.63) is 95.6 Å². The van der Waals surface area contributed by atoms with E-state index in [1.165, 1.54) is 5.56 Å². The number of hydrogen-bond donors (Lipinski definition) is 1. The Morgan fingerprint density at radius 1 is 0.846 bits per heavy atom. The van der Waals surface area contributed by atoms with Crippen molar-refractivity contribution < 1.29 is 4.79 Å². The van der Waals surface area contributed by atoms with Gasteiger partial charge >= 0.3 is 0 Å². The van der Waals surface area contributed by atoms with E-state index in [-0.39, 0.29) is 5.91 Å². The number of benzene rings is 3. The standard InChI is InChI=1S/C23H23NOS/c1-2-26-22-15-9-8-14-21(22)24-23(25)20-13-7-6-12-19(20)17-16-18-10-4-3-5-11-18/h3-15H,2,16-17H2,1H3,(H,24,25). The van der Waals surface area contributed by atoms with E-state index >= 15 is 0 Å². The number of hydrogen-bond acceptors (Lipinski definition) is 2. The number of thioether (sulfide) groups is 1. The van der Waals surface area contributed by atoms with Crippen LogP contribution in [-0.2, 0) is 12.8 Å². The summed E-state index contributed by atoms with van der Waals surface area (Å²) in [6.07, 6.45) is 1.77. The van der Waals surface area contributed by atoms with Crippen LogP contribution in [0.5, 0.6) is 0 Å². The summed E-state index contributed by atoms with van der Waals surface area (Å²) in [6.45, 7) is 2.11. The van der Waals surface area contributed by atoms with Crippen molar-refractivity contribution in [3.8, 4) is 0 Å². The first kappa shape index (κ1) is 18.3. The second kappa shape index (κ2) is 9.25. The summed E-state index contributed by atoms with van der Waals surface area (Å²) in [6, 6.07) is 26.2. The maximum Gasteiger partial charge on any atom is 0.255 e. The molecule has 2 nitrogen and oxygen atoms in total. The highest BCUT2D eigenvalue weighted by atomic mass is 32.2. The molecule has 0 unspecified atom stereocenters. The molecule has 0 spiro atoms. The van der Waals surface area contributed by atoms with Crippen molar-refractivity contribution in [2.24, 2.45) is 0 Å². The van der Waals surface area contributed by atoms with Gasteiger partial charge in [-0.25, -0.2) is 0 Å². The Morgan fingerprint density at radius 3 is 2.35 bits per heavy atom. The normalized spacial score (nSPS) is 10.5. The minimum Gasteiger partial charge on any atom is -0.321 e. The Balaban J connectivity index is 1.76. The molecule has 0 aliphatic carbocycles. The molecule has 1 amide bonds. The van der Waals surface area contributed by atoms with E-state index in [9.17, 15) is 4.79 Å². The lowest BCUT2D eigenvalue weighted by atomic mass is 9.99. The highest BCUT2D eigenvalue weighted by Gasteiger charge is 2.13. The van der Waals surface area contributed by atoms with Gasteiger partial charge in [-0.05, 0) is 47.9 Å². The average molecular weight is 362 g/mol. The minimum atomic E-state index is -0.0437. The molecule has 0 fully saturated rings. The van der Waals surface area contributed by atoms with Crippen molar-refractivity contribution in [2.45, 2.75) is 24.7 Å². The van der Waals surface area contributed by atoms with Crippen LogP contribution in [0.1, 0.15) is 28.4 Å². The van der Waals surface area contributed by atoms with Gasteiger partial charge in [-0.3, -0.25) is 4.79 Å². The molecule has 3 aromatic carbocycles. The van der Waals surface area contributed by atoms with Gasteiger partial charge < -0.3 is 5.32 Å². The fraction of sp³-hybridized carbons (Fsp3) is 0.174. The third-order valence-corrected chi connectivity index (χ3v) is 5.18. The number of amides is 1. The smallest absolute Gasteiger partial charge is 0.255 e. The molecular formula is C23H23NOS. The Labute approximate surface area is 159 Å². The van der Waals surface area contributed by atoms with E-state index in [1.807, 2.05) is 54.6 Å². The highest BCUT2D eigenvalue weighted by Crippen LogP contribution is 2.27. The quantitative estimate of drug-likeness (QED) is 0.536. The molecule has 1 N–H and O–H groups in total. The van der Waals surface area contributed by atoms with Crippen LogP contribution < -0.4 is 5.32 Å². The number of carbonyl (C=O) groups is 1. The maximum atomic E-state index is 12.9. The van der Waals surface area contributed by atoms with Crippen LogP contribution in [0.15, 0.2) is 83.8 Å². The van der Waals surface area contributed by atoms with Crippen LogP contribution >= 0.6 is 11.8 Å². The number of aryl methyl sites for hydroxylation is 2. The molecule has 26 heavy (non-hydrogen) atoms. The Hall–Kier alpha value is -2.52. The first-order chi connectivity index (χ1) is 12.8. The molecular weight excluding hydrogens is 338 g/mol. The van der Waals surface area contributed by atoms with Crippen LogP contribution in [0.3, 0.4) is 0 Å². The largest absolute Gasteiger partial charge is 0.321 e. The minimum absolute atomic E-state index is 0.0437. The van der Waals surface area contributed by atoms with Gasteiger partial charge in [0.2, 0.25) is 0 Å². The van der Waals surface area contributed by atoms with E-state index in [0.29, 0.717) is 0 Å². The molecule has 0 aromatic heterocycles. The molecule has 3 heteroatoms. The fourth-order valence-corrected chi connectivity index (χ4v) is 3.68. The van der Waals surface area contributed by atoms with Crippen LogP contribution in [0.4, 0.5) is 5.69 Å². The molecule has 0 saturated heterocycles. The second-order valence-electron chi connectivity index (χ2n) is 6.03. The first-order valence-corrected chi connectivity index (χ1v) is 9.91. The molecule has 0 bridgehead atoms. The van der Waals surface area contributed by atoms with Gasteiger partial charge in [0.1, 0.15) is 0 Å². The predicted octanol–water partition coefficient (Wildman–Crippen LogP) is 5.84. The number of nitrogens with one attached hydrogen (secondary N) is 1. The Bertz CT molecular complexity index is 861. The highest BCUT2D eigenvalue weighted by molar-refractivity contribution is 7.99. The topological polar surface area (TPSA) is 29.1 Å². The Kier molecular flexibility index (Phi) is 6.50. The summed E-state index contributed by atoms with van der Waals surface area (Å²) in [5.74, 6) is 0.929. The lowest BCUT2D eigenvalue weighted by molar-refractivity contribution is 0.102. The SMILES string of the molecule is CCSc1ccccc1NC(=O)c1ccccc1CCc1ccccc1. The molecule has 0 aliphatic heterocycles. The van der Waals surface area contributed by atoms with Crippen molar-refractivity contribution in [3.63, 3.8) is 0 Å². The molecule has 0 aliphatic rings. The first-order valence-electron chi connectivity index (χ1n) is 8.93. The third-order valence-electron chi connectivity index (χ3n) is 4.22. The lowest BCUT2D eigenvalue weighted by Crippen LogP contribution is -2.15. The van der Waals surface area contributed by atoms with Crippen LogP contribution in [0, 0.1) is 0 Å². The van der Waals surface area contributed by atoms with Crippen molar-refractivity contribution in [2.75, 3.05) is 11.1 Å².